The summed E-state index contributed by atoms with van der Waals surface area (Å²) in [6.07, 6.45) is 0.162. The lowest BCUT2D eigenvalue weighted by Gasteiger charge is -2.32. The number of carbonyl (C=O) groups excluding carboxylic acids is 2. The molecule has 0 spiro atoms. The van der Waals surface area contributed by atoms with Crippen LogP contribution in [0.25, 0.3) is 0 Å². The van der Waals surface area contributed by atoms with Crippen molar-refractivity contribution < 1.29 is 14.0 Å². The molecule has 2 amide bonds. The Balaban J connectivity index is 2.33. The molecule has 6 heteroatoms. The van der Waals surface area contributed by atoms with Gasteiger partial charge in [-0.15, -0.1) is 0 Å². The molecule has 5 nitrogen and oxygen atoms in total. The molecule has 1 aromatic carbocycles. The Bertz CT molecular complexity index is 530. The van der Waals surface area contributed by atoms with Crippen molar-refractivity contribution >= 4 is 17.5 Å². The van der Waals surface area contributed by atoms with Gasteiger partial charge < -0.3 is 15.5 Å². The largest absolute Gasteiger partial charge is 0.354 e. The lowest BCUT2D eigenvalue weighted by Crippen LogP contribution is -2.48. The first-order valence-electron chi connectivity index (χ1n) is 7.20. The zero-order valence-electron chi connectivity index (χ0n) is 13.6. The second-order valence-corrected chi connectivity index (χ2v) is 6.04. The van der Waals surface area contributed by atoms with Crippen molar-refractivity contribution in [2.24, 2.45) is 0 Å². The van der Waals surface area contributed by atoms with Gasteiger partial charge in [-0.1, -0.05) is 6.07 Å². The predicted molar refractivity (Wildman–Crippen MR) is 85.0 cm³/mol. The van der Waals surface area contributed by atoms with Gasteiger partial charge >= 0.3 is 0 Å². The van der Waals surface area contributed by atoms with Gasteiger partial charge in [0.1, 0.15) is 5.82 Å². The van der Waals surface area contributed by atoms with E-state index >= 15 is 0 Å². The lowest BCUT2D eigenvalue weighted by molar-refractivity contribution is -0.124. The van der Waals surface area contributed by atoms with Crippen LogP contribution in [0.4, 0.5) is 10.1 Å². The number of halogens is 1. The quantitative estimate of drug-likeness (QED) is 0.810. The summed E-state index contributed by atoms with van der Waals surface area (Å²) in [5.74, 6) is -0.904. The third kappa shape index (κ3) is 6.22. The highest BCUT2D eigenvalue weighted by Gasteiger charge is 2.21. The van der Waals surface area contributed by atoms with Gasteiger partial charge in [-0.05, 0) is 46.1 Å². The second kappa shape index (κ2) is 7.89. The van der Waals surface area contributed by atoms with Crippen molar-refractivity contribution in [1.82, 2.24) is 10.2 Å². The minimum Gasteiger partial charge on any atom is -0.354 e. The summed E-state index contributed by atoms with van der Waals surface area (Å²) >= 11 is 0. The molecule has 0 aliphatic rings. The van der Waals surface area contributed by atoms with E-state index in [1.54, 1.807) is 6.07 Å². The molecule has 0 atom stereocenters. The van der Waals surface area contributed by atoms with Crippen molar-refractivity contribution in [3.8, 4) is 0 Å². The van der Waals surface area contributed by atoms with E-state index in [4.69, 9.17) is 0 Å². The molecule has 0 aliphatic carbocycles. The third-order valence-electron chi connectivity index (χ3n) is 3.62. The van der Waals surface area contributed by atoms with Gasteiger partial charge in [-0.3, -0.25) is 9.59 Å². The van der Waals surface area contributed by atoms with Gasteiger partial charge in [0.05, 0.1) is 0 Å². The average molecular weight is 309 g/mol. The zero-order chi connectivity index (χ0) is 16.8. The van der Waals surface area contributed by atoms with Crippen LogP contribution in [-0.2, 0) is 9.59 Å². The molecule has 0 fully saturated rings. The molecule has 1 rings (SSSR count). The molecule has 0 radical (unpaired) electrons. The Hall–Kier alpha value is -1.95. The Kier molecular flexibility index (Phi) is 6.49. The van der Waals surface area contributed by atoms with E-state index in [0.717, 1.165) is 0 Å². The van der Waals surface area contributed by atoms with Crippen LogP contribution >= 0.6 is 0 Å². The van der Waals surface area contributed by atoms with Gasteiger partial charge in [-0.25, -0.2) is 4.39 Å². The maximum atomic E-state index is 13.0. The van der Waals surface area contributed by atoms with E-state index in [1.165, 1.54) is 18.2 Å². The van der Waals surface area contributed by atoms with E-state index in [-0.39, 0.29) is 30.2 Å². The maximum Gasteiger partial charge on any atom is 0.224 e. The Morgan fingerprint density at radius 1 is 1.18 bits per heavy atom. The third-order valence-corrected chi connectivity index (χ3v) is 3.62. The molecule has 0 heterocycles. The fraction of sp³-hybridized carbons (Fsp3) is 0.500. The van der Waals surface area contributed by atoms with Crippen LogP contribution in [0.15, 0.2) is 24.3 Å². The van der Waals surface area contributed by atoms with Crippen LogP contribution in [0.1, 0.15) is 26.7 Å². The van der Waals surface area contributed by atoms with Crippen molar-refractivity contribution in [2.75, 3.05) is 26.0 Å². The summed E-state index contributed by atoms with van der Waals surface area (Å²) < 4.78 is 13.0. The van der Waals surface area contributed by atoms with Gasteiger partial charge in [0.2, 0.25) is 11.8 Å². The number of nitrogens with one attached hydrogen (secondary N) is 2. The topological polar surface area (TPSA) is 61.4 Å². The molecule has 22 heavy (non-hydrogen) atoms. The monoisotopic (exact) mass is 309 g/mol. The van der Waals surface area contributed by atoms with Gasteiger partial charge in [0.15, 0.2) is 0 Å². The standard InChI is InChI=1S/C16H24FN3O2/c1-16(2,20(3)4)11-18-14(21)8-9-15(22)19-13-7-5-6-12(17)10-13/h5-7,10H,8-9,11H2,1-4H3,(H,18,21)(H,19,22). The van der Waals surface area contributed by atoms with E-state index in [9.17, 15) is 14.0 Å². The van der Waals surface area contributed by atoms with Crippen LogP contribution in [0.5, 0.6) is 0 Å². The number of anilines is 1. The van der Waals surface area contributed by atoms with Gasteiger partial charge in [0.25, 0.3) is 0 Å². The molecular formula is C16H24FN3O2. The van der Waals surface area contributed by atoms with Gasteiger partial charge in [-0.2, -0.15) is 0 Å². The Labute approximate surface area is 130 Å². The lowest BCUT2D eigenvalue weighted by atomic mass is 10.0. The fourth-order valence-corrected chi connectivity index (χ4v) is 1.58. The van der Waals surface area contributed by atoms with Crippen LogP contribution in [0, 0.1) is 5.82 Å². The minimum absolute atomic E-state index is 0.0603. The highest BCUT2D eigenvalue weighted by atomic mass is 19.1. The number of hydrogen-bond donors (Lipinski definition) is 2. The zero-order valence-corrected chi connectivity index (χ0v) is 13.6. The summed E-state index contributed by atoms with van der Waals surface area (Å²) in [5.41, 5.74) is 0.235. The molecule has 0 saturated carbocycles. The van der Waals surface area contributed by atoms with Crippen molar-refractivity contribution in [2.45, 2.75) is 32.2 Å². The molecule has 2 N–H and O–H groups in total. The number of hydrogen-bond acceptors (Lipinski definition) is 3. The van der Waals surface area contributed by atoms with E-state index in [1.807, 2.05) is 32.8 Å². The summed E-state index contributed by atoms with van der Waals surface area (Å²) in [7, 11) is 3.89. The molecule has 0 bridgehead atoms. The first-order chi connectivity index (χ1) is 10.2. The van der Waals surface area contributed by atoms with Crippen molar-refractivity contribution in [3.63, 3.8) is 0 Å². The van der Waals surface area contributed by atoms with Crippen LogP contribution < -0.4 is 10.6 Å². The first kappa shape index (κ1) is 18.1. The summed E-state index contributed by atoms with van der Waals surface area (Å²) in [5, 5.41) is 5.37. The maximum absolute atomic E-state index is 13.0. The van der Waals surface area contributed by atoms with E-state index in [0.29, 0.717) is 12.2 Å². The molecule has 1 aromatic rings. The summed E-state index contributed by atoms with van der Waals surface area (Å²) in [4.78, 5) is 25.5. The van der Waals surface area contributed by atoms with Crippen molar-refractivity contribution in [1.29, 1.82) is 0 Å². The average Bonchev–Trinajstić information content (AvgIpc) is 2.43. The number of carbonyl (C=O) groups is 2. The van der Waals surface area contributed by atoms with E-state index in [2.05, 4.69) is 10.6 Å². The molecule has 122 valence electrons. The Morgan fingerprint density at radius 2 is 1.82 bits per heavy atom. The highest BCUT2D eigenvalue weighted by molar-refractivity contribution is 5.93. The highest BCUT2D eigenvalue weighted by Crippen LogP contribution is 2.10. The second-order valence-electron chi connectivity index (χ2n) is 6.04. The number of likely N-dealkylation sites (N-methyl/N-ethyl adjacent to an activating group) is 1. The number of amides is 2. The van der Waals surface area contributed by atoms with Crippen LogP contribution in [0.2, 0.25) is 0 Å². The van der Waals surface area contributed by atoms with Gasteiger partial charge in [0, 0.05) is 30.6 Å². The molecule has 0 aliphatic heterocycles. The van der Waals surface area contributed by atoms with Crippen LogP contribution in [0.3, 0.4) is 0 Å². The molecular weight excluding hydrogens is 285 g/mol. The normalized spacial score (nSPS) is 11.4. The molecule has 0 aromatic heterocycles. The summed E-state index contributed by atoms with van der Waals surface area (Å²) in [6, 6.07) is 5.65. The summed E-state index contributed by atoms with van der Waals surface area (Å²) in [6.45, 7) is 4.54. The Morgan fingerprint density at radius 3 is 2.41 bits per heavy atom. The fourth-order valence-electron chi connectivity index (χ4n) is 1.58. The number of nitrogens with zero attached hydrogens (tertiary/aromatic N) is 1. The first-order valence-corrected chi connectivity index (χ1v) is 7.20. The van der Waals surface area contributed by atoms with Crippen molar-refractivity contribution in [3.05, 3.63) is 30.1 Å². The molecule has 0 unspecified atom stereocenters. The molecule has 0 saturated heterocycles. The number of rotatable bonds is 7. The van der Waals surface area contributed by atoms with Crippen LogP contribution in [-0.4, -0.2) is 42.9 Å². The SMILES string of the molecule is CN(C)C(C)(C)CNC(=O)CCC(=O)Nc1cccc(F)c1. The van der Waals surface area contributed by atoms with E-state index < -0.39 is 5.82 Å². The number of benzene rings is 1. The smallest absolute Gasteiger partial charge is 0.224 e. The minimum atomic E-state index is -0.415. The predicted octanol–water partition coefficient (Wildman–Crippen LogP) is 2.00.